The standard InChI is InChI=1S/C23H24N2O4S2/c1-28-18-12-15-6-9-25(21(26)5-8-24-23(27)16-7-11-30-14-16)22(20-4-3-10-31-20)17(15)13-19(18)29-2/h3-4,7,10-14,22H,5-6,8-9H2,1-2H3,(H,24,27). The topological polar surface area (TPSA) is 67.9 Å². The molecule has 0 fully saturated rings. The molecular weight excluding hydrogens is 432 g/mol. The van der Waals surface area contributed by atoms with Gasteiger partial charge in [-0.25, -0.2) is 0 Å². The minimum atomic E-state index is -0.177. The highest BCUT2D eigenvalue weighted by Gasteiger charge is 2.33. The molecule has 0 spiro atoms. The van der Waals surface area contributed by atoms with Crippen molar-refractivity contribution in [2.24, 2.45) is 0 Å². The van der Waals surface area contributed by atoms with Gasteiger partial charge in [-0.05, 0) is 52.6 Å². The molecule has 1 aliphatic rings. The largest absolute Gasteiger partial charge is 0.493 e. The molecule has 3 heterocycles. The summed E-state index contributed by atoms with van der Waals surface area (Å²) in [5.74, 6) is 1.22. The summed E-state index contributed by atoms with van der Waals surface area (Å²) >= 11 is 3.10. The van der Waals surface area contributed by atoms with Gasteiger partial charge in [-0.2, -0.15) is 11.3 Å². The molecule has 0 aliphatic carbocycles. The van der Waals surface area contributed by atoms with Crippen molar-refractivity contribution < 1.29 is 19.1 Å². The van der Waals surface area contributed by atoms with Gasteiger partial charge in [0.05, 0.1) is 20.3 Å². The molecule has 2 aromatic heterocycles. The number of hydrogen-bond donors (Lipinski definition) is 1. The smallest absolute Gasteiger partial charge is 0.252 e. The Morgan fingerprint density at radius 1 is 1.16 bits per heavy atom. The summed E-state index contributed by atoms with van der Waals surface area (Å²) < 4.78 is 11.0. The number of carbonyl (C=O) groups is 2. The Balaban J connectivity index is 1.55. The van der Waals surface area contributed by atoms with E-state index in [2.05, 4.69) is 11.4 Å². The number of methoxy groups -OCH3 is 2. The lowest BCUT2D eigenvalue weighted by Crippen LogP contribution is -2.41. The summed E-state index contributed by atoms with van der Waals surface area (Å²) in [5, 5.41) is 8.53. The van der Waals surface area contributed by atoms with Gasteiger partial charge in [0.1, 0.15) is 0 Å². The van der Waals surface area contributed by atoms with Crippen LogP contribution in [0.5, 0.6) is 11.5 Å². The molecule has 1 unspecified atom stereocenters. The van der Waals surface area contributed by atoms with Gasteiger partial charge in [0.25, 0.3) is 5.91 Å². The van der Waals surface area contributed by atoms with Gasteiger partial charge in [0.2, 0.25) is 5.91 Å². The van der Waals surface area contributed by atoms with Crippen molar-refractivity contribution in [1.82, 2.24) is 10.2 Å². The highest BCUT2D eigenvalue weighted by molar-refractivity contribution is 7.10. The molecule has 0 bridgehead atoms. The summed E-state index contributed by atoms with van der Waals surface area (Å²) in [7, 11) is 3.25. The number of hydrogen-bond acceptors (Lipinski definition) is 6. The Hall–Kier alpha value is -2.84. The zero-order valence-electron chi connectivity index (χ0n) is 17.4. The predicted molar refractivity (Wildman–Crippen MR) is 122 cm³/mol. The molecule has 0 saturated carbocycles. The first-order chi connectivity index (χ1) is 15.1. The van der Waals surface area contributed by atoms with E-state index in [0.717, 1.165) is 22.4 Å². The molecule has 1 aliphatic heterocycles. The average molecular weight is 457 g/mol. The Bertz CT molecular complexity index is 1050. The van der Waals surface area contributed by atoms with Crippen LogP contribution in [0.4, 0.5) is 0 Å². The van der Waals surface area contributed by atoms with Gasteiger partial charge < -0.3 is 19.7 Å². The summed E-state index contributed by atoms with van der Waals surface area (Å²) in [6, 6.07) is 9.65. The third-order valence-electron chi connectivity index (χ3n) is 5.41. The first kappa shape index (κ1) is 21.4. The first-order valence-corrected chi connectivity index (χ1v) is 11.8. The van der Waals surface area contributed by atoms with E-state index in [0.29, 0.717) is 30.2 Å². The number of nitrogens with one attached hydrogen (secondary N) is 1. The Morgan fingerprint density at radius 2 is 1.97 bits per heavy atom. The Labute approximate surface area is 189 Å². The number of nitrogens with zero attached hydrogens (tertiary/aromatic N) is 1. The van der Waals surface area contributed by atoms with Crippen LogP contribution >= 0.6 is 22.7 Å². The van der Waals surface area contributed by atoms with Crippen molar-refractivity contribution in [3.63, 3.8) is 0 Å². The van der Waals surface area contributed by atoms with Crippen molar-refractivity contribution in [1.29, 1.82) is 0 Å². The van der Waals surface area contributed by atoms with Gasteiger partial charge in [0.15, 0.2) is 11.5 Å². The van der Waals surface area contributed by atoms with Crippen LogP contribution < -0.4 is 14.8 Å². The maximum atomic E-state index is 13.2. The van der Waals surface area contributed by atoms with E-state index in [1.54, 1.807) is 37.0 Å². The molecule has 6 nitrogen and oxygen atoms in total. The van der Waals surface area contributed by atoms with E-state index >= 15 is 0 Å². The number of fused-ring (bicyclic) bond motifs is 1. The monoisotopic (exact) mass is 456 g/mol. The highest BCUT2D eigenvalue weighted by atomic mass is 32.1. The van der Waals surface area contributed by atoms with Crippen molar-refractivity contribution in [2.75, 3.05) is 27.3 Å². The molecule has 1 atom stereocenters. The minimum Gasteiger partial charge on any atom is -0.493 e. The molecule has 1 N–H and O–H groups in total. The zero-order valence-corrected chi connectivity index (χ0v) is 19.1. The normalized spacial score (nSPS) is 15.3. The van der Waals surface area contributed by atoms with Crippen LogP contribution in [0.1, 0.15) is 38.8 Å². The van der Waals surface area contributed by atoms with E-state index in [1.807, 2.05) is 33.9 Å². The quantitative estimate of drug-likeness (QED) is 0.581. The fourth-order valence-electron chi connectivity index (χ4n) is 3.89. The van der Waals surface area contributed by atoms with Crippen molar-refractivity contribution >= 4 is 34.5 Å². The second-order valence-corrected chi connectivity index (χ2v) is 8.94. The Morgan fingerprint density at radius 3 is 2.65 bits per heavy atom. The number of benzene rings is 1. The van der Waals surface area contributed by atoms with Gasteiger partial charge >= 0.3 is 0 Å². The SMILES string of the molecule is COc1cc2c(cc1OC)C(c1cccs1)N(C(=O)CCNC(=O)c1ccsc1)CC2. The molecule has 31 heavy (non-hydrogen) atoms. The lowest BCUT2D eigenvalue weighted by atomic mass is 9.90. The average Bonchev–Trinajstić information content (AvgIpc) is 3.51. The lowest BCUT2D eigenvalue weighted by molar-refractivity contribution is -0.133. The van der Waals surface area contributed by atoms with Gasteiger partial charge in [-0.3, -0.25) is 9.59 Å². The molecular formula is C23H24N2O4S2. The van der Waals surface area contributed by atoms with Crippen molar-refractivity contribution in [2.45, 2.75) is 18.9 Å². The van der Waals surface area contributed by atoms with Crippen molar-refractivity contribution in [3.8, 4) is 11.5 Å². The fraction of sp³-hybridized carbons (Fsp3) is 0.304. The first-order valence-electron chi connectivity index (χ1n) is 10.0. The summed E-state index contributed by atoms with van der Waals surface area (Å²) in [4.78, 5) is 28.4. The van der Waals surface area contributed by atoms with Gasteiger partial charge in [-0.1, -0.05) is 6.07 Å². The van der Waals surface area contributed by atoms with Crippen LogP contribution in [-0.2, 0) is 11.2 Å². The zero-order chi connectivity index (χ0) is 21.8. The number of rotatable bonds is 7. The predicted octanol–water partition coefficient (Wildman–Crippen LogP) is 4.12. The van der Waals surface area contributed by atoms with E-state index in [1.165, 1.54) is 11.3 Å². The molecule has 8 heteroatoms. The van der Waals surface area contributed by atoms with Crippen LogP contribution in [-0.4, -0.2) is 44.0 Å². The number of amides is 2. The summed E-state index contributed by atoms with van der Waals surface area (Å²) in [6.07, 6.45) is 0.991. The summed E-state index contributed by atoms with van der Waals surface area (Å²) in [5.41, 5.74) is 2.84. The molecule has 3 aromatic rings. The molecule has 1 aromatic carbocycles. The molecule has 162 valence electrons. The molecule has 0 saturated heterocycles. The maximum Gasteiger partial charge on any atom is 0.252 e. The van der Waals surface area contributed by atoms with E-state index in [4.69, 9.17) is 9.47 Å². The van der Waals surface area contributed by atoms with E-state index in [9.17, 15) is 9.59 Å². The molecule has 4 rings (SSSR count). The molecule has 2 amide bonds. The van der Waals surface area contributed by atoms with E-state index < -0.39 is 0 Å². The fourth-order valence-corrected chi connectivity index (χ4v) is 5.38. The second kappa shape index (κ2) is 9.53. The number of carbonyl (C=O) groups excluding carboxylic acids is 2. The summed E-state index contributed by atoms with van der Waals surface area (Å²) in [6.45, 7) is 0.919. The van der Waals surface area contributed by atoms with Gasteiger partial charge in [-0.15, -0.1) is 11.3 Å². The van der Waals surface area contributed by atoms with E-state index in [-0.39, 0.29) is 24.3 Å². The minimum absolute atomic E-state index is 0.0180. The van der Waals surface area contributed by atoms with Crippen LogP contribution in [0.3, 0.4) is 0 Å². The maximum absolute atomic E-state index is 13.2. The number of ether oxygens (including phenoxy) is 2. The highest BCUT2D eigenvalue weighted by Crippen LogP contribution is 2.42. The third kappa shape index (κ3) is 4.45. The van der Waals surface area contributed by atoms with Gasteiger partial charge in [0, 0.05) is 35.3 Å². The van der Waals surface area contributed by atoms with Crippen LogP contribution in [0.25, 0.3) is 0 Å². The van der Waals surface area contributed by atoms with Crippen molar-refractivity contribution in [3.05, 3.63) is 68.0 Å². The van der Waals surface area contributed by atoms with Crippen LogP contribution in [0, 0.1) is 0 Å². The third-order valence-corrected chi connectivity index (χ3v) is 7.02. The molecule has 0 radical (unpaired) electrons. The number of thiophene rings is 2. The Kier molecular flexibility index (Phi) is 6.58. The second-order valence-electron chi connectivity index (χ2n) is 7.18. The van der Waals surface area contributed by atoms with Crippen LogP contribution in [0.15, 0.2) is 46.5 Å². The lowest BCUT2D eigenvalue weighted by Gasteiger charge is -2.37. The van der Waals surface area contributed by atoms with Crippen LogP contribution in [0.2, 0.25) is 0 Å².